The molecule has 1 aromatic carbocycles. The first kappa shape index (κ1) is 13.1. The van der Waals surface area contributed by atoms with Gasteiger partial charge in [-0.3, -0.25) is 4.79 Å². The molecule has 1 unspecified atom stereocenters. The predicted molar refractivity (Wildman–Crippen MR) is 69.6 cm³/mol. The van der Waals surface area contributed by atoms with Gasteiger partial charge in [0, 0.05) is 6.54 Å². The first-order chi connectivity index (χ1) is 7.65. The fraction of sp³-hybridized carbons (Fsp3) is 0.273. The Kier molecular flexibility index (Phi) is 5.42. The van der Waals surface area contributed by atoms with Crippen molar-refractivity contribution in [3.63, 3.8) is 0 Å². The molecule has 0 aliphatic heterocycles. The molecule has 0 aromatic heterocycles. The SMILES string of the molecule is CN(BC=O)CC(=O)C(Br)c1ccccc1. The Labute approximate surface area is 104 Å². The molecule has 0 fully saturated rings. The quantitative estimate of drug-likeness (QED) is 0.446. The second-order valence-electron chi connectivity index (χ2n) is 3.60. The van der Waals surface area contributed by atoms with Crippen molar-refractivity contribution < 1.29 is 9.59 Å². The van der Waals surface area contributed by atoms with Crippen LogP contribution >= 0.6 is 15.9 Å². The molecule has 84 valence electrons. The summed E-state index contributed by atoms with van der Waals surface area (Å²) in [6.45, 7) is 0.267. The van der Waals surface area contributed by atoms with Gasteiger partial charge in [0.1, 0.15) is 0 Å². The molecule has 5 heteroatoms. The summed E-state index contributed by atoms with van der Waals surface area (Å²) in [6, 6.07) is 9.50. The van der Waals surface area contributed by atoms with Crippen LogP contribution in [0.5, 0.6) is 0 Å². The van der Waals surface area contributed by atoms with Crippen molar-refractivity contribution in [3.8, 4) is 0 Å². The molecular formula is C11H13BBrNO2. The number of hydrogen-bond donors (Lipinski definition) is 0. The third-order valence-electron chi connectivity index (χ3n) is 2.19. The van der Waals surface area contributed by atoms with E-state index in [0.717, 1.165) is 11.7 Å². The molecule has 1 atom stereocenters. The van der Waals surface area contributed by atoms with E-state index in [4.69, 9.17) is 0 Å². The summed E-state index contributed by atoms with van der Waals surface area (Å²) in [5.41, 5.74) is 0.937. The van der Waals surface area contributed by atoms with Gasteiger partial charge in [-0.2, -0.15) is 0 Å². The van der Waals surface area contributed by atoms with Crippen molar-refractivity contribution in [1.82, 2.24) is 4.81 Å². The summed E-state index contributed by atoms with van der Waals surface area (Å²) in [7, 11) is 2.03. The normalized spacial score (nSPS) is 12.2. The lowest BCUT2D eigenvalue weighted by Crippen LogP contribution is -2.31. The Morgan fingerprint density at radius 3 is 2.69 bits per heavy atom. The maximum atomic E-state index is 11.8. The number of halogens is 1. The third-order valence-corrected chi connectivity index (χ3v) is 3.23. The van der Waals surface area contributed by atoms with Crippen LogP contribution in [0.4, 0.5) is 0 Å². The van der Waals surface area contributed by atoms with Gasteiger partial charge in [-0.25, -0.2) is 0 Å². The molecule has 0 heterocycles. The predicted octanol–water partition coefficient (Wildman–Crippen LogP) is 1.17. The van der Waals surface area contributed by atoms with Gasteiger partial charge in [0.05, 0.1) is 11.0 Å². The van der Waals surface area contributed by atoms with E-state index in [2.05, 4.69) is 15.9 Å². The molecule has 1 rings (SSSR count). The summed E-state index contributed by atoms with van der Waals surface area (Å²) in [5.74, 6) is 0.0514. The molecule has 0 aliphatic carbocycles. The number of Topliss-reactive ketones (excluding diaryl/α,β-unsaturated/α-hetero) is 1. The number of carbonyl (C=O) groups is 2. The van der Waals surface area contributed by atoms with Crippen molar-refractivity contribution >= 4 is 35.3 Å². The van der Waals surface area contributed by atoms with Crippen LogP contribution in [-0.2, 0) is 9.59 Å². The Morgan fingerprint density at radius 1 is 1.50 bits per heavy atom. The summed E-state index contributed by atoms with van der Waals surface area (Å²) >= 11 is 3.37. The maximum Gasteiger partial charge on any atom is 0.281 e. The van der Waals surface area contributed by atoms with Crippen LogP contribution in [-0.4, -0.2) is 37.8 Å². The lowest BCUT2D eigenvalue weighted by Gasteiger charge is -2.14. The maximum absolute atomic E-state index is 11.8. The van der Waals surface area contributed by atoms with E-state index in [9.17, 15) is 9.59 Å². The monoisotopic (exact) mass is 281 g/mol. The minimum Gasteiger partial charge on any atom is -0.335 e. The van der Waals surface area contributed by atoms with E-state index in [1.54, 1.807) is 11.9 Å². The topological polar surface area (TPSA) is 37.4 Å². The fourth-order valence-electron chi connectivity index (χ4n) is 1.35. The molecule has 0 spiro atoms. The number of rotatable bonds is 6. The second kappa shape index (κ2) is 6.61. The molecule has 0 radical (unpaired) electrons. The van der Waals surface area contributed by atoms with E-state index in [0.29, 0.717) is 0 Å². The number of hydrogen-bond acceptors (Lipinski definition) is 3. The second-order valence-corrected chi connectivity index (χ2v) is 4.52. The van der Waals surface area contributed by atoms with Crippen molar-refractivity contribution in [2.24, 2.45) is 0 Å². The summed E-state index contributed by atoms with van der Waals surface area (Å²) in [6.07, 6.45) is 0.791. The number of ketones is 1. The summed E-state index contributed by atoms with van der Waals surface area (Å²) in [4.78, 5) is 23.5. The van der Waals surface area contributed by atoms with Crippen LogP contribution < -0.4 is 0 Å². The van der Waals surface area contributed by atoms with Gasteiger partial charge in [0.25, 0.3) is 7.41 Å². The zero-order valence-corrected chi connectivity index (χ0v) is 10.7. The summed E-state index contributed by atoms with van der Waals surface area (Å²) < 4.78 is 0. The third kappa shape index (κ3) is 3.91. The van der Waals surface area contributed by atoms with Crippen LogP contribution in [0.25, 0.3) is 0 Å². The lowest BCUT2D eigenvalue weighted by molar-refractivity contribution is -0.118. The van der Waals surface area contributed by atoms with Crippen LogP contribution in [0.1, 0.15) is 10.4 Å². The highest BCUT2D eigenvalue weighted by Gasteiger charge is 2.18. The molecule has 3 nitrogen and oxygen atoms in total. The number of nitrogens with zero attached hydrogens (tertiary/aromatic N) is 1. The number of carbonyl (C=O) groups excluding carboxylic acids is 2. The smallest absolute Gasteiger partial charge is 0.281 e. The van der Waals surface area contributed by atoms with Crippen molar-refractivity contribution in [2.45, 2.75) is 4.83 Å². The van der Waals surface area contributed by atoms with E-state index >= 15 is 0 Å². The van der Waals surface area contributed by atoms with Gasteiger partial charge in [0.2, 0.25) is 0 Å². The van der Waals surface area contributed by atoms with E-state index in [1.807, 2.05) is 30.3 Å². The van der Waals surface area contributed by atoms with Crippen LogP contribution in [0.3, 0.4) is 0 Å². The van der Waals surface area contributed by atoms with Crippen molar-refractivity contribution in [1.29, 1.82) is 0 Å². The van der Waals surface area contributed by atoms with Gasteiger partial charge >= 0.3 is 0 Å². The molecule has 0 saturated carbocycles. The van der Waals surface area contributed by atoms with Gasteiger partial charge < -0.3 is 9.61 Å². The highest BCUT2D eigenvalue weighted by molar-refractivity contribution is 9.09. The van der Waals surface area contributed by atoms with Gasteiger partial charge in [-0.15, -0.1) is 0 Å². The minimum absolute atomic E-state index is 0.0514. The average molecular weight is 282 g/mol. The Bertz CT molecular complexity index is 358. The van der Waals surface area contributed by atoms with Gasteiger partial charge in [-0.05, 0) is 12.6 Å². The summed E-state index contributed by atoms with van der Waals surface area (Å²) in [5, 5.41) is 0. The van der Waals surface area contributed by atoms with Crippen LogP contribution in [0, 0.1) is 0 Å². The Balaban J connectivity index is 2.58. The van der Waals surface area contributed by atoms with Crippen LogP contribution in [0.15, 0.2) is 30.3 Å². The van der Waals surface area contributed by atoms with E-state index in [-0.39, 0.29) is 24.6 Å². The zero-order chi connectivity index (χ0) is 12.0. The van der Waals surface area contributed by atoms with Gasteiger partial charge in [0.15, 0.2) is 5.78 Å². The largest absolute Gasteiger partial charge is 0.335 e. The molecule has 0 bridgehead atoms. The Hall–Kier alpha value is -0.935. The van der Waals surface area contributed by atoms with Crippen LogP contribution in [0.2, 0.25) is 0 Å². The van der Waals surface area contributed by atoms with E-state index in [1.165, 1.54) is 0 Å². The van der Waals surface area contributed by atoms with Crippen molar-refractivity contribution in [2.75, 3.05) is 13.6 Å². The molecular weight excluding hydrogens is 269 g/mol. The number of alkyl halides is 1. The van der Waals surface area contributed by atoms with Gasteiger partial charge in [-0.1, -0.05) is 46.3 Å². The standard InChI is InChI=1S/C11H13BBrNO2/c1-14(12-8-15)7-10(16)11(13)9-5-3-2-4-6-9/h2-6,8,11-12H,7H2,1H3. The lowest BCUT2D eigenvalue weighted by atomic mass is 9.95. The zero-order valence-electron chi connectivity index (χ0n) is 9.10. The molecule has 0 saturated heterocycles. The molecule has 0 aliphatic rings. The van der Waals surface area contributed by atoms with E-state index < -0.39 is 0 Å². The first-order valence-electron chi connectivity index (χ1n) is 4.99. The highest BCUT2D eigenvalue weighted by Crippen LogP contribution is 2.23. The molecule has 1 aromatic rings. The molecule has 0 amide bonds. The number of likely N-dealkylation sites (N-methyl/N-ethyl adjacent to an activating group) is 1. The molecule has 0 N–H and O–H groups in total. The average Bonchev–Trinajstić information content (AvgIpc) is 2.29. The Morgan fingerprint density at radius 2 is 2.12 bits per heavy atom. The fourth-order valence-corrected chi connectivity index (χ4v) is 1.80. The highest BCUT2D eigenvalue weighted by atomic mass is 79.9. The number of benzene rings is 1. The molecule has 16 heavy (non-hydrogen) atoms. The van der Waals surface area contributed by atoms with Crippen molar-refractivity contribution in [3.05, 3.63) is 35.9 Å². The minimum atomic E-state index is -0.303. The first-order valence-corrected chi connectivity index (χ1v) is 5.90.